The van der Waals surface area contributed by atoms with Gasteiger partial charge in [-0.05, 0) is 31.4 Å². The third-order valence-electron chi connectivity index (χ3n) is 4.10. The molecule has 0 unspecified atom stereocenters. The summed E-state index contributed by atoms with van der Waals surface area (Å²) in [5.74, 6) is 0.806. The number of aliphatic hydroxyl groups is 1. The number of rotatable bonds is 5. The molecule has 1 aromatic carbocycles. The molecule has 0 bridgehead atoms. The Labute approximate surface area is 129 Å². The topological polar surface area (TPSA) is 62.4 Å². The Morgan fingerprint density at radius 3 is 2.76 bits per heavy atom. The number of hydrogen-bond donors (Lipinski definition) is 2. The SMILES string of the molecule is NC(=S)c1cc2ccccc2nc1N(CCO)C1CCC1. The van der Waals surface area contributed by atoms with E-state index in [1.54, 1.807) is 0 Å². The van der Waals surface area contributed by atoms with Crippen molar-refractivity contribution in [2.24, 2.45) is 5.73 Å². The van der Waals surface area contributed by atoms with Gasteiger partial charge >= 0.3 is 0 Å². The monoisotopic (exact) mass is 301 g/mol. The molecule has 110 valence electrons. The van der Waals surface area contributed by atoms with E-state index in [-0.39, 0.29) is 6.61 Å². The summed E-state index contributed by atoms with van der Waals surface area (Å²) in [6.45, 7) is 0.660. The number of thiocarbonyl (C=S) groups is 1. The lowest BCUT2D eigenvalue weighted by atomic mass is 9.91. The Morgan fingerprint density at radius 1 is 1.38 bits per heavy atom. The smallest absolute Gasteiger partial charge is 0.139 e. The second-order valence-corrected chi connectivity index (χ2v) is 5.86. The van der Waals surface area contributed by atoms with Crippen LogP contribution in [0.4, 0.5) is 5.82 Å². The highest BCUT2D eigenvalue weighted by atomic mass is 32.1. The van der Waals surface area contributed by atoms with Crippen LogP contribution in [0.3, 0.4) is 0 Å². The molecular formula is C16H19N3OS. The Kier molecular flexibility index (Phi) is 4.03. The molecule has 0 aliphatic heterocycles. The van der Waals surface area contributed by atoms with Crippen LogP contribution < -0.4 is 10.6 Å². The van der Waals surface area contributed by atoms with E-state index in [0.29, 0.717) is 17.6 Å². The Hall–Kier alpha value is -1.72. The predicted octanol–water partition coefficient (Wildman–Crippen LogP) is 2.22. The number of aliphatic hydroxyl groups excluding tert-OH is 1. The van der Waals surface area contributed by atoms with Crippen LogP contribution in [0.1, 0.15) is 24.8 Å². The molecule has 21 heavy (non-hydrogen) atoms. The van der Waals surface area contributed by atoms with E-state index >= 15 is 0 Å². The normalized spacial score (nSPS) is 14.9. The average Bonchev–Trinajstić information content (AvgIpc) is 2.43. The maximum atomic E-state index is 9.38. The van der Waals surface area contributed by atoms with E-state index in [9.17, 15) is 5.11 Å². The zero-order valence-electron chi connectivity index (χ0n) is 11.8. The van der Waals surface area contributed by atoms with Crippen molar-refractivity contribution in [3.8, 4) is 0 Å². The molecule has 0 amide bonds. The molecule has 1 aliphatic carbocycles. The van der Waals surface area contributed by atoms with E-state index in [0.717, 1.165) is 35.1 Å². The van der Waals surface area contributed by atoms with E-state index in [1.165, 1.54) is 6.42 Å². The van der Waals surface area contributed by atoms with Crippen molar-refractivity contribution in [3.63, 3.8) is 0 Å². The van der Waals surface area contributed by atoms with Crippen LogP contribution >= 0.6 is 12.2 Å². The summed E-state index contributed by atoms with van der Waals surface area (Å²) >= 11 is 5.21. The lowest BCUT2D eigenvalue weighted by Crippen LogP contribution is -2.43. The summed E-state index contributed by atoms with van der Waals surface area (Å²) in [6, 6.07) is 10.4. The minimum atomic E-state index is 0.0990. The summed E-state index contributed by atoms with van der Waals surface area (Å²) in [4.78, 5) is 7.28. The highest BCUT2D eigenvalue weighted by Gasteiger charge is 2.28. The van der Waals surface area contributed by atoms with Crippen LogP contribution in [0.2, 0.25) is 0 Å². The van der Waals surface area contributed by atoms with Crippen LogP contribution in [-0.2, 0) is 0 Å². The largest absolute Gasteiger partial charge is 0.395 e. The number of nitrogens with zero attached hydrogens (tertiary/aromatic N) is 2. The zero-order valence-corrected chi connectivity index (χ0v) is 12.6. The lowest BCUT2D eigenvalue weighted by molar-refractivity contribution is 0.283. The molecule has 0 atom stereocenters. The first-order valence-electron chi connectivity index (χ1n) is 7.28. The Morgan fingerprint density at radius 2 is 2.14 bits per heavy atom. The van der Waals surface area contributed by atoms with Gasteiger partial charge in [0, 0.05) is 18.0 Å². The maximum Gasteiger partial charge on any atom is 0.139 e. The number of hydrogen-bond acceptors (Lipinski definition) is 4. The van der Waals surface area contributed by atoms with Gasteiger partial charge in [-0.3, -0.25) is 0 Å². The predicted molar refractivity (Wildman–Crippen MR) is 89.7 cm³/mol. The van der Waals surface area contributed by atoms with E-state index < -0.39 is 0 Å². The zero-order chi connectivity index (χ0) is 14.8. The molecule has 2 aromatic rings. The molecule has 1 aromatic heterocycles. The van der Waals surface area contributed by atoms with E-state index in [2.05, 4.69) is 4.90 Å². The van der Waals surface area contributed by atoms with Gasteiger partial charge < -0.3 is 15.7 Å². The van der Waals surface area contributed by atoms with Gasteiger partial charge in [-0.15, -0.1) is 0 Å². The van der Waals surface area contributed by atoms with Crippen molar-refractivity contribution in [2.45, 2.75) is 25.3 Å². The van der Waals surface area contributed by atoms with Gasteiger partial charge in [0.2, 0.25) is 0 Å². The third kappa shape index (κ3) is 2.71. The van der Waals surface area contributed by atoms with E-state index in [1.807, 2.05) is 30.3 Å². The molecule has 1 heterocycles. The molecule has 1 fully saturated rings. The molecule has 0 saturated heterocycles. The van der Waals surface area contributed by atoms with Crippen LogP contribution in [0.25, 0.3) is 10.9 Å². The minimum absolute atomic E-state index is 0.0990. The molecule has 0 spiro atoms. The fourth-order valence-electron chi connectivity index (χ4n) is 2.77. The average molecular weight is 301 g/mol. The maximum absolute atomic E-state index is 9.38. The molecule has 3 N–H and O–H groups in total. The van der Waals surface area contributed by atoms with Gasteiger partial charge in [-0.2, -0.15) is 0 Å². The summed E-state index contributed by atoms with van der Waals surface area (Å²) in [5, 5.41) is 10.4. The number of anilines is 1. The summed E-state index contributed by atoms with van der Waals surface area (Å²) in [7, 11) is 0. The van der Waals surface area contributed by atoms with Gasteiger partial charge in [0.05, 0.1) is 17.7 Å². The van der Waals surface area contributed by atoms with Crippen molar-refractivity contribution >= 4 is 33.9 Å². The van der Waals surface area contributed by atoms with E-state index in [4.69, 9.17) is 22.9 Å². The van der Waals surface area contributed by atoms with Crippen molar-refractivity contribution in [1.29, 1.82) is 0 Å². The first-order valence-corrected chi connectivity index (χ1v) is 7.68. The molecule has 1 saturated carbocycles. The fourth-order valence-corrected chi connectivity index (χ4v) is 2.92. The standard InChI is InChI=1S/C16H19N3OS/c17-15(21)13-10-11-4-1-2-7-14(11)18-16(13)19(8-9-20)12-5-3-6-12/h1-2,4,7,10,12,20H,3,5-6,8-9H2,(H2,17,21). The van der Waals surface area contributed by atoms with Crippen molar-refractivity contribution < 1.29 is 5.11 Å². The molecule has 0 radical (unpaired) electrons. The Bertz CT molecular complexity index is 670. The number of fused-ring (bicyclic) bond motifs is 1. The number of aromatic nitrogens is 1. The molecule has 1 aliphatic rings. The summed E-state index contributed by atoms with van der Waals surface area (Å²) in [5.41, 5.74) is 7.62. The first kappa shape index (κ1) is 14.2. The van der Waals surface area contributed by atoms with Crippen LogP contribution in [-0.4, -0.2) is 34.3 Å². The minimum Gasteiger partial charge on any atom is -0.395 e. The molecule has 5 heteroatoms. The van der Waals surface area contributed by atoms with Gasteiger partial charge in [0.1, 0.15) is 10.8 Å². The van der Waals surface area contributed by atoms with Crippen LogP contribution in [0.15, 0.2) is 30.3 Å². The van der Waals surface area contributed by atoms with Crippen molar-refractivity contribution in [2.75, 3.05) is 18.1 Å². The number of pyridine rings is 1. The summed E-state index contributed by atoms with van der Waals surface area (Å²) < 4.78 is 0. The van der Waals surface area contributed by atoms with Gasteiger partial charge in [0.15, 0.2) is 0 Å². The fraction of sp³-hybridized carbons (Fsp3) is 0.375. The van der Waals surface area contributed by atoms with Crippen molar-refractivity contribution in [1.82, 2.24) is 4.98 Å². The number of nitrogens with two attached hydrogens (primary N) is 1. The molecular weight excluding hydrogens is 282 g/mol. The molecule has 3 rings (SSSR count). The second-order valence-electron chi connectivity index (χ2n) is 5.42. The van der Waals surface area contributed by atoms with Gasteiger partial charge in [-0.1, -0.05) is 30.4 Å². The quantitative estimate of drug-likeness (QED) is 0.829. The van der Waals surface area contributed by atoms with Gasteiger partial charge in [-0.25, -0.2) is 4.98 Å². The van der Waals surface area contributed by atoms with Gasteiger partial charge in [0.25, 0.3) is 0 Å². The van der Waals surface area contributed by atoms with Crippen LogP contribution in [0, 0.1) is 0 Å². The second kappa shape index (κ2) is 5.95. The summed E-state index contributed by atoms with van der Waals surface area (Å²) in [6.07, 6.45) is 3.49. The van der Waals surface area contributed by atoms with Crippen LogP contribution in [0.5, 0.6) is 0 Å². The number of para-hydroxylation sites is 1. The van der Waals surface area contributed by atoms with Crippen molar-refractivity contribution in [3.05, 3.63) is 35.9 Å². The Balaban J connectivity index is 2.12. The lowest BCUT2D eigenvalue weighted by Gasteiger charge is -2.39. The number of benzene rings is 1. The highest BCUT2D eigenvalue weighted by molar-refractivity contribution is 7.80. The third-order valence-corrected chi connectivity index (χ3v) is 4.32. The molecule has 4 nitrogen and oxygen atoms in total. The first-order chi connectivity index (χ1) is 10.2. The highest BCUT2D eigenvalue weighted by Crippen LogP contribution is 2.31.